The van der Waals surface area contributed by atoms with E-state index in [-0.39, 0.29) is 5.92 Å². The zero-order chi connectivity index (χ0) is 21.3. The summed E-state index contributed by atoms with van der Waals surface area (Å²) in [4.78, 5) is 9.03. The van der Waals surface area contributed by atoms with Crippen LogP contribution in [0.25, 0.3) is 10.9 Å². The average Bonchev–Trinajstić information content (AvgIpc) is 2.76. The fourth-order valence-electron chi connectivity index (χ4n) is 3.88. The Hall–Kier alpha value is -3.19. The summed E-state index contributed by atoms with van der Waals surface area (Å²) in [6.07, 6.45) is 3.37. The number of ether oxygens (including phenoxy) is 1. The lowest BCUT2D eigenvalue weighted by Crippen LogP contribution is -2.22. The fourth-order valence-corrected chi connectivity index (χ4v) is 3.88. The van der Waals surface area contributed by atoms with E-state index in [0.29, 0.717) is 23.0 Å². The first-order chi connectivity index (χ1) is 14.4. The van der Waals surface area contributed by atoms with Gasteiger partial charge in [-0.25, -0.2) is 9.97 Å². The van der Waals surface area contributed by atoms with E-state index in [1.54, 1.807) is 21.0 Å². The van der Waals surface area contributed by atoms with Crippen molar-refractivity contribution in [1.82, 2.24) is 20.2 Å². The van der Waals surface area contributed by atoms with E-state index in [0.717, 1.165) is 29.6 Å². The summed E-state index contributed by atoms with van der Waals surface area (Å²) >= 11 is 0. The number of aromatic nitrogens is 4. The van der Waals surface area contributed by atoms with Gasteiger partial charge < -0.3 is 15.6 Å². The molecule has 0 unspecified atom stereocenters. The number of benzene rings is 2. The maximum absolute atomic E-state index is 10.1. The predicted molar refractivity (Wildman–Crippen MR) is 117 cm³/mol. The van der Waals surface area contributed by atoms with Gasteiger partial charge in [-0.05, 0) is 55.9 Å². The van der Waals surface area contributed by atoms with Crippen LogP contribution >= 0.6 is 0 Å². The molecule has 30 heavy (non-hydrogen) atoms. The van der Waals surface area contributed by atoms with Crippen LogP contribution in [0.2, 0.25) is 0 Å². The zero-order valence-corrected chi connectivity index (χ0v) is 17.5. The molecule has 2 aromatic carbocycles. The molecule has 0 saturated heterocycles. The number of aliphatic hydroxyl groups is 1. The molecule has 0 atom stereocenters. The summed E-state index contributed by atoms with van der Waals surface area (Å²) in [7, 11) is 1.60. The summed E-state index contributed by atoms with van der Waals surface area (Å²) in [5, 5.41) is 18.1. The highest BCUT2D eigenvalue weighted by Gasteiger charge is 2.33. The van der Waals surface area contributed by atoms with Crippen molar-refractivity contribution in [2.24, 2.45) is 0 Å². The number of anilines is 1. The predicted octanol–water partition coefficient (Wildman–Crippen LogP) is 3.96. The molecule has 0 spiro atoms. The molecule has 1 saturated carbocycles. The van der Waals surface area contributed by atoms with Gasteiger partial charge >= 0.3 is 0 Å². The Labute approximate surface area is 175 Å². The first kappa shape index (κ1) is 20.1. The van der Waals surface area contributed by atoms with Gasteiger partial charge in [0.1, 0.15) is 29.2 Å². The number of rotatable bonds is 4. The van der Waals surface area contributed by atoms with Gasteiger partial charge in [0.15, 0.2) is 0 Å². The summed E-state index contributed by atoms with van der Waals surface area (Å²) in [5.41, 5.74) is 8.29. The summed E-state index contributed by atoms with van der Waals surface area (Å²) in [5.74, 6) is 2.45. The van der Waals surface area contributed by atoms with Crippen molar-refractivity contribution in [3.05, 3.63) is 65.7 Å². The first-order valence-corrected chi connectivity index (χ1v) is 10.1. The van der Waals surface area contributed by atoms with E-state index in [2.05, 4.69) is 32.3 Å². The highest BCUT2D eigenvalue weighted by molar-refractivity contribution is 5.91. The second-order valence-corrected chi connectivity index (χ2v) is 8.27. The van der Waals surface area contributed by atoms with Crippen molar-refractivity contribution in [3.8, 4) is 5.75 Å². The molecule has 1 aliphatic carbocycles. The van der Waals surface area contributed by atoms with E-state index in [4.69, 9.17) is 10.5 Å². The lowest BCUT2D eigenvalue weighted by atomic mass is 9.71. The second-order valence-electron chi connectivity index (χ2n) is 8.27. The Morgan fingerprint density at radius 1 is 1.10 bits per heavy atom. The molecule has 1 fully saturated rings. The minimum atomic E-state index is -0.827. The Balaban J connectivity index is 1.59. The lowest BCUT2D eigenvalue weighted by Gasteiger charge is -2.34. The Morgan fingerprint density at radius 3 is 2.50 bits per heavy atom. The molecule has 1 heterocycles. The maximum Gasteiger partial charge on any atom is 0.145 e. The van der Waals surface area contributed by atoms with Crippen LogP contribution in [-0.2, 0) is 5.60 Å². The molecule has 4 N–H and O–H groups in total. The van der Waals surface area contributed by atoms with Crippen LogP contribution in [0.5, 0.6) is 5.75 Å². The number of fused-ring (bicyclic) bond motifs is 1. The Kier molecular flexibility index (Phi) is 5.30. The van der Waals surface area contributed by atoms with Gasteiger partial charge in [0.05, 0.1) is 12.7 Å². The topological polar surface area (TPSA) is 110 Å². The van der Waals surface area contributed by atoms with E-state index >= 15 is 0 Å². The summed E-state index contributed by atoms with van der Waals surface area (Å²) in [6, 6.07) is 13.8. The number of hydrogen-bond donors (Lipinski definition) is 3. The van der Waals surface area contributed by atoms with Gasteiger partial charge in [-0.15, -0.1) is 0 Å². The molecule has 1 aliphatic rings. The van der Waals surface area contributed by atoms with Gasteiger partial charge in [-0.2, -0.15) is 5.10 Å². The minimum absolute atomic E-state index is 0.242. The van der Waals surface area contributed by atoms with Crippen molar-refractivity contribution < 1.29 is 9.84 Å². The molecular weight excluding hydrogens is 378 g/mol. The van der Waals surface area contributed by atoms with Crippen LogP contribution in [0, 0.1) is 0 Å². The summed E-state index contributed by atoms with van der Waals surface area (Å²) in [6.45, 7) is 3.59. The Morgan fingerprint density at radius 2 is 1.83 bits per heavy atom. The highest BCUT2D eigenvalue weighted by atomic mass is 16.5. The van der Waals surface area contributed by atoms with Crippen LogP contribution in [0.3, 0.4) is 0 Å². The molecule has 0 amide bonds. The largest absolute Gasteiger partial charge is 0.494 e. The van der Waals surface area contributed by atoms with Gasteiger partial charge in [-0.3, -0.25) is 5.10 Å². The molecule has 1 aromatic heterocycles. The van der Waals surface area contributed by atoms with Crippen LogP contribution in [0.15, 0.2) is 48.8 Å². The van der Waals surface area contributed by atoms with Crippen LogP contribution in [0.1, 0.15) is 55.5 Å². The zero-order valence-electron chi connectivity index (χ0n) is 17.5. The van der Waals surface area contributed by atoms with E-state index in [9.17, 15) is 5.11 Å². The van der Waals surface area contributed by atoms with Crippen molar-refractivity contribution in [1.29, 1.82) is 0 Å². The monoisotopic (exact) mass is 405 g/mol. The van der Waals surface area contributed by atoms with E-state index < -0.39 is 5.60 Å². The number of nitrogens with one attached hydrogen (secondary N) is 1. The Bertz CT molecular complexity index is 1090. The number of nitrogens with zero attached hydrogens (tertiary/aromatic N) is 3. The quantitative estimate of drug-likeness (QED) is 0.606. The van der Waals surface area contributed by atoms with Crippen molar-refractivity contribution in [2.45, 2.75) is 44.1 Å². The number of methoxy groups -OCH3 is 1. The van der Waals surface area contributed by atoms with Crippen LogP contribution < -0.4 is 10.5 Å². The number of H-pyrrole nitrogens is 1. The number of para-hydroxylation sites is 1. The molecular formula is C23H27N5O2. The fraction of sp³-hybridized carbons (Fsp3) is 0.348. The molecule has 0 radical (unpaired) electrons. The molecule has 4 rings (SSSR count). The molecule has 0 aliphatic heterocycles. The van der Waals surface area contributed by atoms with Crippen LogP contribution in [0.4, 0.5) is 5.82 Å². The maximum atomic E-state index is 10.1. The first-order valence-electron chi connectivity index (χ1n) is 10.1. The molecule has 156 valence electrons. The van der Waals surface area contributed by atoms with Crippen molar-refractivity contribution >= 4 is 16.7 Å². The van der Waals surface area contributed by atoms with Gasteiger partial charge in [-0.1, -0.05) is 30.3 Å². The lowest BCUT2D eigenvalue weighted by molar-refractivity contribution is 0.0785. The standard InChI is InChI=1S/C23H27N5O2/c1-23(2,29)17-9-7-14(8-10-17)15-11-16(12-15)22-27-21(24)18-5-4-6-19(30-3)20(18)25-13-26-28-22/h4-10,13,15-16,29H,11-12,24H2,1-3H3,(H,27,28). The van der Waals surface area contributed by atoms with Crippen LogP contribution in [-0.4, -0.2) is 32.4 Å². The molecule has 7 heteroatoms. The third-order valence-corrected chi connectivity index (χ3v) is 5.77. The third-order valence-electron chi connectivity index (χ3n) is 5.77. The highest BCUT2D eigenvalue weighted by Crippen LogP contribution is 2.46. The van der Waals surface area contributed by atoms with Gasteiger partial charge in [0.2, 0.25) is 0 Å². The number of aromatic amines is 1. The summed E-state index contributed by atoms with van der Waals surface area (Å²) < 4.78 is 5.39. The molecule has 3 aromatic rings. The van der Waals surface area contributed by atoms with E-state index in [1.807, 2.05) is 30.3 Å². The number of hydrogen-bond acceptors (Lipinski definition) is 6. The average molecular weight is 406 g/mol. The van der Waals surface area contributed by atoms with Crippen molar-refractivity contribution in [2.75, 3.05) is 12.8 Å². The van der Waals surface area contributed by atoms with Crippen molar-refractivity contribution in [3.63, 3.8) is 0 Å². The smallest absolute Gasteiger partial charge is 0.145 e. The second kappa shape index (κ2) is 7.91. The molecule has 0 bridgehead atoms. The van der Waals surface area contributed by atoms with E-state index in [1.165, 1.54) is 11.9 Å². The SMILES string of the molecule is COc1cccc2c(N)nc(C3CC(c4ccc(C(C)(C)O)cc4)C3)[nH]ncnc12. The third kappa shape index (κ3) is 3.93. The normalized spacial score (nSPS) is 18.5. The van der Waals surface area contributed by atoms with Gasteiger partial charge in [0.25, 0.3) is 0 Å². The number of nitrogens with two attached hydrogens (primary N) is 1. The number of nitrogen functional groups attached to an aromatic ring is 1. The molecule has 7 nitrogen and oxygen atoms in total. The van der Waals surface area contributed by atoms with Gasteiger partial charge in [0, 0.05) is 11.3 Å². The minimum Gasteiger partial charge on any atom is -0.494 e.